The molecule has 0 bridgehead atoms. The van der Waals surface area contributed by atoms with Gasteiger partial charge in [0.05, 0.1) is 37.6 Å². The maximum Gasteiger partial charge on any atom is 0.277 e. The van der Waals surface area contributed by atoms with Gasteiger partial charge >= 0.3 is 0 Å². The molecule has 0 amide bonds. The molecule has 30 heavy (non-hydrogen) atoms. The Balaban J connectivity index is 1.54. The van der Waals surface area contributed by atoms with Crippen LogP contribution in [0.25, 0.3) is 22.5 Å². The summed E-state index contributed by atoms with van der Waals surface area (Å²) in [5, 5.41) is 18.7. The van der Waals surface area contributed by atoms with Crippen LogP contribution >= 0.6 is 23.4 Å². The number of aromatic nitrogens is 4. The third kappa shape index (κ3) is 4.09. The number of hydrogen-bond acceptors (Lipinski definition) is 8. The fraction of sp³-hybridized carbons (Fsp3) is 0.250. The third-order valence-corrected chi connectivity index (χ3v) is 5.52. The second-order valence-electron chi connectivity index (χ2n) is 6.27. The average Bonchev–Trinajstić information content (AvgIpc) is 3.37. The minimum Gasteiger partial charge on any atom is -0.493 e. The summed E-state index contributed by atoms with van der Waals surface area (Å²) in [7, 11) is 3.15. The van der Waals surface area contributed by atoms with E-state index in [2.05, 4.69) is 15.2 Å². The lowest BCUT2D eigenvalue weighted by atomic mass is 10.2. The van der Waals surface area contributed by atoms with Gasteiger partial charge in [-0.15, -0.1) is 10.2 Å². The standard InChI is InChI=1S/C20H19ClN4O4S/c1-27-16-6-3-12(9-17(16)28-2)19-23-24-20(29-19)30-11-18-22-14-5-4-13(21)10-15(14)25(18)7-8-26/h3-6,9-10,26H,7-8,11H2,1-2H3. The highest BCUT2D eigenvalue weighted by Crippen LogP contribution is 2.33. The van der Waals surface area contributed by atoms with Gasteiger partial charge in [-0.25, -0.2) is 4.98 Å². The van der Waals surface area contributed by atoms with Crippen LogP contribution in [0.3, 0.4) is 0 Å². The van der Waals surface area contributed by atoms with Crippen molar-refractivity contribution in [2.75, 3.05) is 20.8 Å². The van der Waals surface area contributed by atoms with Gasteiger partial charge in [-0.1, -0.05) is 23.4 Å². The molecule has 4 aromatic rings. The number of fused-ring (bicyclic) bond motifs is 1. The molecule has 0 saturated heterocycles. The summed E-state index contributed by atoms with van der Waals surface area (Å²) in [6, 6.07) is 10.9. The van der Waals surface area contributed by atoms with Crippen molar-refractivity contribution < 1.29 is 19.0 Å². The molecule has 1 N–H and O–H groups in total. The summed E-state index contributed by atoms with van der Waals surface area (Å²) in [5.41, 5.74) is 2.43. The first-order chi connectivity index (χ1) is 14.6. The number of imidazole rings is 1. The Hall–Kier alpha value is -2.75. The molecule has 0 fully saturated rings. The average molecular weight is 447 g/mol. The van der Waals surface area contributed by atoms with E-state index >= 15 is 0 Å². The van der Waals surface area contributed by atoms with Gasteiger partial charge in [0.25, 0.3) is 5.22 Å². The van der Waals surface area contributed by atoms with Crippen molar-refractivity contribution in [1.82, 2.24) is 19.7 Å². The van der Waals surface area contributed by atoms with E-state index in [0.29, 0.717) is 39.9 Å². The molecule has 8 nitrogen and oxygen atoms in total. The number of aliphatic hydroxyl groups is 1. The molecule has 0 radical (unpaired) electrons. The Morgan fingerprint density at radius 1 is 1.10 bits per heavy atom. The predicted molar refractivity (Wildman–Crippen MR) is 114 cm³/mol. The molecule has 0 atom stereocenters. The highest BCUT2D eigenvalue weighted by Gasteiger charge is 2.15. The van der Waals surface area contributed by atoms with Crippen molar-refractivity contribution in [3.8, 4) is 23.0 Å². The molecular formula is C20H19ClN4O4S. The van der Waals surface area contributed by atoms with E-state index in [1.165, 1.54) is 11.8 Å². The van der Waals surface area contributed by atoms with Crippen molar-refractivity contribution in [1.29, 1.82) is 0 Å². The van der Waals surface area contributed by atoms with E-state index in [1.807, 2.05) is 22.8 Å². The minimum atomic E-state index is -0.000349. The Labute approximate surface area is 181 Å². The highest BCUT2D eigenvalue weighted by atomic mass is 35.5. The lowest BCUT2D eigenvalue weighted by Crippen LogP contribution is -2.06. The number of thioether (sulfide) groups is 1. The largest absolute Gasteiger partial charge is 0.493 e. The van der Waals surface area contributed by atoms with E-state index in [4.69, 9.17) is 25.5 Å². The maximum absolute atomic E-state index is 9.44. The van der Waals surface area contributed by atoms with Crippen LogP contribution in [0.1, 0.15) is 5.82 Å². The zero-order valence-corrected chi connectivity index (χ0v) is 17.9. The summed E-state index contributed by atoms with van der Waals surface area (Å²) in [5.74, 6) is 2.88. The topological polar surface area (TPSA) is 95.4 Å². The number of hydrogen-bond donors (Lipinski definition) is 1. The number of aliphatic hydroxyl groups excluding tert-OH is 1. The molecule has 156 valence electrons. The number of nitrogens with zero attached hydrogens (tertiary/aromatic N) is 4. The zero-order chi connectivity index (χ0) is 21.1. The van der Waals surface area contributed by atoms with Gasteiger partial charge in [0.2, 0.25) is 5.89 Å². The molecular weight excluding hydrogens is 428 g/mol. The van der Waals surface area contributed by atoms with Gasteiger partial charge in [0.1, 0.15) is 5.82 Å². The van der Waals surface area contributed by atoms with Gasteiger partial charge in [-0.2, -0.15) is 0 Å². The number of benzene rings is 2. The SMILES string of the molecule is COc1ccc(-c2nnc(SCc3nc4ccc(Cl)cc4n3CCO)o2)cc1OC. The van der Waals surface area contributed by atoms with E-state index in [-0.39, 0.29) is 6.61 Å². The van der Waals surface area contributed by atoms with E-state index < -0.39 is 0 Å². The molecule has 10 heteroatoms. The summed E-state index contributed by atoms with van der Waals surface area (Å²) in [6.07, 6.45) is 0. The quantitative estimate of drug-likeness (QED) is 0.405. The van der Waals surface area contributed by atoms with Crippen LogP contribution in [0.15, 0.2) is 46.0 Å². The number of rotatable bonds is 8. The molecule has 0 aliphatic rings. The van der Waals surface area contributed by atoms with E-state index in [1.54, 1.807) is 32.4 Å². The third-order valence-electron chi connectivity index (χ3n) is 4.47. The fourth-order valence-electron chi connectivity index (χ4n) is 3.09. The van der Waals surface area contributed by atoms with Crippen LogP contribution < -0.4 is 9.47 Å². The fourth-order valence-corrected chi connectivity index (χ4v) is 3.96. The van der Waals surface area contributed by atoms with E-state index in [9.17, 15) is 5.11 Å². The van der Waals surface area contributed by atoms with Gasteiger partial charge in [0, 0.05) is 17.1 Å². The van der Waals surface area contributed by atoms with Gasteiger partial charge in [-0.3, -0.25) is 0 Å². The molecule has 0 saturated carbocycles. The van der Waals surface area contributed by atoms with E-state index in [0.717, 1.165) is 22.4 Å². The van der Waals surface area contributed by atoms with Crippen LogP contribution in [0.2, 0.25) is 5.02 Å². The van der Waals surface area contributed by atoms with Crippen LogP contribution in [-0.2, 0) is 12.3 Å². The molecule has 4 rings (SSSR count). The first-order valence-corrected chi connectivity index (χ1v) is 10.4. The minimum absolute atomic E-state index is 0.000349. The Morgan fingerprint density at radius 2 is 1.93 bits per heavy atom. The summed E-state index contributed by atoms with van der Waals surface area (Å²) < 4.78 is 18.3. The molecule has 0 spiro atoms. The molecule has 2 heterocycles. The van der Waals surface area contributed by atoms with Crippen molar-refractivity contribution >= 4 is 34.4 Å². The lowest BCUT2D eigenvalue weighted by Gasteiger charge is -2.07. The van der Waals surface area contributed by atoms with Crippen LogP contribution in [0.4, 0.5) is 0 Å². The van der Waals surface area contributed by atoms with Crippen molar-refractivity contribution in [3.05, 3.63) is 47.2 Å². The Morgan fingerprint density at radius 3 is 2.70 bits per heavy atom. The van der Waals surface area contributed by atoms with Crippen LogP contribution in [0, 0.1) is 0 Å². The van der Waals surface area contributed by atoms with Crippen molar-refractivity contribution in [2.45, 2.75) is 17.5 Å². The van der Waals surface area contributed by atoms with Gasteiger partial charge in [0.15, 0.2) is 11.5 Å². The predicted octanol–water partition coefficient (Wildman–Crippen LogP) is 4.04. The van der Waals surface area contributed by atoms with Gasteiger partial charge in [-0.05, 0) is 36.4 Å². The highest BCUT2D eigenvalue weighted by molar-refractivity contribution is 7.98. The zero-order valence-electron chi connectivity index (χ0n) is 16.3. The number of halogens is 1. The maximum atomic E-state index is 9.44. The smallest absolute Gasteiger partial charge is 0.277 e. The molecule has 0 aliphatic heterocycles. The Bertz CT molecular complexity index is 1180. The first-order valence-electron chi connectivity index (χ1n) is 9.07. The molecule has 2 aromatic heterocycles. The lowest BCUT2D eigenvalue weighted by molar-refractivity contribution is 0.276. The summed E-state index contributed by atoms with van der Waals surface area (Å²) >= 11 is 7.49. The normalized spacial score (nSPS) is 11.2. The molecule has 2 aromatic carbocycles. The molecule has 0 aliphatic carbocycles. The first kappa shape index (κ1) is 20.5. The van der Waals surface area contributed by atoms with Crippen LogP contribution in [-0.4, -0.2) is 45.7 Å². The second kappa shape index (κ2) is 8.95. The second-order valence-corrected chi connectivity index (χ2v) is 7.63. The van der Waals surface area contributed by atoms with Crippen LogP contribution in [0.5, 0.6) is 11.5 Å². The monoisotopic (exact) mass is 446 g/mol. The van der Waals surface area contributed by atoms with Gasteiger partial charge < -0.3 is 23.6 Å². The molecule has 0 unspecified atom stereocenters. The number of methoxy groups -OCH3 is 2. The summed E-state index contributed by atoms with van der Waals surface area (Å²) in [4.78, 5) is 4.65. The summed E-state index contributed by atoms with van der Waals surface area (Å²) in [6.45, 7) is 0.424. The Kier molecular flexibility index (Phi) is 6.12. The van der Waals surface area contributed by atoms with Crippen molar-refractivity contribution in [2.24, 2.45) is 0 Å². The van der Waals surface area contributed by atoms with Crippen molar-refractivity contribution in [3.63, 3.8) is 0 Å². The number of ether oxygens (including phenoxy) is 2.